The summed E-state index contributed by atoms with van der Waals surface area (Å²) in [6, 6.07) is 95.0. The molecule has 0 bridgehead atoms. The van der Waals surface area contributed by atoms with Gasteiger partial charge in [-0.1, -0.05) is 224 Å². The highest BCUT2D eigenvalue weighted by molar-refractivity contribution is 7.27. The van der Waals surface area contributed by atoms with Gasteiger partial charge >= 0.3 is 0 Å². The number of rotatable bonds is 9. The van der Waals surface area contributed by atoms with Crippen molar-refractivity contribution in [2.75, 3.05) is 4.90 Å². The van der Waals surface area contributed by atoms with Gasteiger partial charge in [-0.2, -0.15) is 0 Å². The number of hydrogen-bond donors (Lipinski definition) is 0. The van der Waals surface area contributed by atoms with Crippen LogP contribution in [-0.4, -0.2) is 0 Å². The lowest BCUT2D eigenvalue weighted by molar-refractivity contribution is 1.30. The minimum atomic E-state index is 1.10. The second-order valence-corrected chi connectivity index (χ2v) is 17.8. The third kappa shape index (κ3) is 7.15. The highest BCUT2D eigenvalue weighted by Gasteiger charge is 2.21. The molecule has 0 saturated carbocycles. The molecular formula is C64H43NS. The van der Waals surface area contributed by atoms with Crippen molar-refractivity contribution in [2.45, 2.75) is 0 Å². The van der Waals surface area contributed by atoms with Crippen molar-refractivity contribution < 1.29 is 0 Å². The van der Waals surface area contributed by atoms with Crippen molar-refractivity contribution in [3.8, 4) is 66.8 Å². The molecule has 0 atom stereocenters. The van der Waals surface area contributed by atoms with Gasteiger partial charge in [0, 0.05) is 26.8 Å². The van der Waals surface area contributed by atoms with Crippen LogP contribution in [0, 0.1) is 0 Å². The van der Waals surface area contributed by atoms with Gasteiger partial charge < -0.3 is 4.90 Å². The van der Waals surface area contributed by atoms with Crippen molar-refractivity contribution in [3.63, 3.8) is 0 Å². The van der Waals surface area contributed by atoms with Gasteiger partial charge in [0.2, 0.25) is 0 Å². The Morgan fingerprint density at radius 1 is 0.258 bits per heavy atom. The molecule has 12 rings (SSSR count). The summed E-state index contributed by atoms with van der Waals surface area (Å²) in [7, 11) is 0. The summed E-state index contributed by atoms with van der Waals surface area (Å²) < 4.78 is 2.56. The van der Waals surface area contributed by atoms with E-state index >= 15 is 0 Å². The zero-order valence-corrected chi connectivity index (χ0v) is 37.0. The Labute approximate surface area is 389 Å². The molecule has 0 aliphatic carbocycles. The zero-order chi connectivity index (χ0) is 43.8. The average Bonchev–Trinajstić information content (AvgIpc) is 3.79. The molecular weight excluding hydrogens is 815 g/mol. The standard InChI is InChI=1S/C64H43NS/c1-4-17-44(18-5-1)50-25-12-26-51(43-50)55-28-11-10-27-54(55)47-35-39-52(40-36-47)65(61-34-16-33-60-59-32-15-31-58(63(59)66-64(60)61)46-21-8-3-9-22-46)53-41-37-48(38-42-53)57-30-14-24-49-23-13-29-56(62(49)57)45-19-6-2-7-20-45/h1-43H. The first-order valence-electron chi connectivity index (χ1n) is 22.6. The monoisotopic (exact) mass is 857 g/mol. The molecule has 1 heterocycles. The van der Waals surface area contributed by atoms with Crippen LogP contribution in [0.15, 0.2) is 261 Å². The minimum absolute atomic E-state index is 1.10. The van der Waals surface area contributed by atoms with Gasteiger partial charge in [-0.15, -0.1) is 11.3 Å². The topological polar surface area (TPSA) is 3.24 Å². The van der Waals surface area contributed by atoms with E-state index in [1.807, 2.05) is 11.3 Å². The van der Waals surface area contributed by atoms with Crippen LogP contribution < -0.4 is 4.90 Å². The molecule has 310 valence electrons. The maximum absolute atomic E-state index is 2.45. The van der Waals surface area contributed by atoms with Gasteiger partial charge in [0.25, 0.3) is 0 Å². The molecule has 1 nitrogen and oxygen atoms in total. The molecule has 0 spiro atoms. The molecule has 0 unspecified atom stereocenters. The molecule has 12 aromatic rings. The largest absolute Gasteiger partial charge is 0.309 e. The van der Waals surface area contributed by atoms with E-state index in [0.717, 1.165) is 17.1 Å². The third-order valence-corrected chi connectivity index (χ3v) is 14.2. The lowest BCUT2D eigenvalue weighted by Crippen LogP contribution is -2.10. The Morgan fingerprint density at radius 2 is 0.667 bits per heavy atom. The summed E-state index contributed by atoms with van der Waals surface area (Å²) >= 11 is 1.89. The van der Waals surface area contributed by atoms with Crippen LogP contribution >= 0.6 is 11.3 Å². The van der Waals surface area contributed by atoms with Gasteiger partial charge in [-0.05, 0) is 114 Å². The summed E-state index contributed by atoms with van der Waals surface area (Å²) in [6.07, 6.45) is 0. The lowest BCUT2D eigenvalue weighted by Gasteiger charge is -2.27. The number of fused-ring (bicyclic) bond motifs is 4. The fraction of sp³-hybridized carbons (Fsp3) is 0. The highest BCUT2D eigenvalue weighted by Crippen LogP contribution is 2.48. The Balaban J connectivity index is 0.994. The molecule has 0 aliphatic heterocycles. The molecule has 2 heteroatoms. The second kappa shape index (κ2) is 17.0. The predicted molar refractivity (Wildman–Crippen MR) is 284 cm³/mol. The maximum Gasteiger partial charge on any atom is 0.0640 e. The van der Waals surface area contributed by atoms with Gasteiger partial charge in [0.05, 0.1) is 10.4 Å². The van der Waals surface area contributed by atoms with Crippen LogP contribution in [0.25, 0.3) is 97.7 Å². The average molecular weight is 858 g/mol. The lowest BCUT2D eigenvalue weighted by atomic mass is 9.91. The van der Waals surface area contributed by atoms with Crippen molar-refractivity contribution in [1.29, 1.82) is 0 Å². The normalized spacial score (nSPS) is 11.3. The summed E-state index contributed by atoms with van der Waals surface area (Å²) in [4.78, 5) is 2.45. The number of hydrogen-bond acceptors (Lipinski definition) is 2. The smallest absolute Gasteiger partial charge is 0.0640 e. The third-order valence-electron chi connectivity index (χ3n) is 12.9. The number of anilines is 3. The summed E-state index contributed by atoms with van der Waals surface area (Å²) in [5.74, 6) is 0. The molecule has 0 amide bonds. The quantitative estimate of drug-likeness (QED) is 0.140. The van der Waals surface area contributed by atoms with Crippen LogP contribution in [0.4, 0.5) is 17.1 Å². The van der Waals surface area contributed by atoms with E-state index in [4.69, 9.17) is 0 Å². The molecule has 1 aromatic heterocycles. The van der Waals surface area contributed by atoms with E-state index in [1.165, 1.54) is 97.7 Å². The fourth-order valence-corrected chi connectivity index (χ4v) is 11.1. The maximum atomic E-state index is 2.45. The van der Waals surface area contributed by atoms with Gasteiger partial charge in [-0.3, -0.25) is 0 Å². The Hall–Kier alpha value is -8.30. The van der Waals surface area contributed by atoms with Crippen LogP contribution in [0.2, 0.25) is 0 Å². The Kier molecular flexibility index (Phi) is 10.1. The fourth-order valence-electron chi connectivity index (χ4n) is 9.76. The van der Waals surface area contributed by atoms with Crippen molar-refractivity contribution in [2.24, 2.45) is 0 Å². The SMILES string of the molecule is c1ccc(-c2cccc(-c3ccccc3-c3ccc(N(c4ccc(-c5cccc6cccc(-c7ccccc7)c56)cc4)c4cccc5c4sc4c(-c6ccccc6)cccc45)cc3)c2)cc1. The van der Waals surface area contributed by atoms with Crippen molar-refractivity contribution >= 4 is 59.3 Å². The van der Waals surface area contributed by atoms with Crippen LogP contribution in [-0.2, 0) is 0 Å². The van der Waals surface area contributed by atoms with E-state index in [0.29, 0.717) is 0 Å². The van der Waals surface area contributed by atoms with E-state index in [9.17, 15) is 0 Å². The summed E-state index contributed by atoms with van der Waals surface area (Å²) in [5.41, 5.74) is 17.9. The van der Waals surface area contributed by atoms with Gasteiger partial charge in [0.1, 0.15) is 0 Å². The zero-order valence-electron chi connectivity index (χ0n) is 36.2. The first kappa shape index (κ1) is 39.3. The Bertz CT molecular complexity index is 3660. The van der Waals surface area contributed by atoms with Gasteiger partial charge in [0.15, 0.2) is 0 Å². The molecule has 66 heavy (non-hydrogen) atoms. The van der Waals surface area contributed by atoms with E-state index in [2.05, 4.69) is 266 Å². The molecule has 0 radical (unpaired) electrons. The van der Waals surface area contributed by atoms with Crippen LogP contribution in [0.3, 0.4) is 0 Å². The highest BCUT2D eigenvalue weighted by atomic mass is 32.1. The second-order valence-electron chi connectivity index (χ2n) is 16.8. The minimum Gasteiger partial charge on any atom is -0.309 e. The summed E-state index contributed by atoms with van der Waals surface area (Å²) in [6.45, 7) is 0. The number of benzene rings is 11. The van der Waals surface area contributed by atoms with E-state index < -0.39 is 0 Å². The van der Waals surface area contributed by atoms with Crippen molar-refractivity contribution in [3.05, 3.63) is 261 Å². The van der Waals surface area contributed by atoms with E-state index in [1.54, 1.807) is 0 Å². The molecule has 0 N–H and O–H groups in total. The van der Waals surface area contributed by atoms with Gasteiger partial charge in [-0.25, -0.2) is 0 Å². The Morgan fingerprint density at radius 3 is 1.29 bits per heavy atom. The van der Waals surface area contributed by atoms with Crippen LogP contribution in [0.1, 0.15) is 0 Å². The molecule has 0 fully saturated rings. The summed E-state index contributed by atoms with van der Waals surface area (Å²) in [5, 5.41) is 5.04. The molecule has 11 aromatic carbocycles. The van der Waals surface area contributed by atoms with E-state index in [-0.39, 0.29) is 0 Å². The van der Waals surface area contributed by atoms with Crippen LogP contribution in [0.5, 0.6) is 0 Å². The number of nitrogens with zero attached hydrogens (tertiary/aromatic N) is 1. The predicted octanol–water partition coefficient (Wildman–Crippen LogP) is 18.7. The van der Waals surface area contributed by atoms with Crippen molar-refractivity contribution in [1.82, 2.24) is 0 Å². The number of thiophene rings is 1. The molecule has 0 aliphatic rings. The molecule has 0 saturated heterocycles. The first-order valence-corrected chi connectivity index (χ1v) is 23.4. The first-order chi connectivity index (χ1) is 32.7.